The third-order valence-corrected chi connectivity index (χ3v) is 3.24. The molecule has 0 saturated carbocycles. The van der Waals surface area contributed by atoms with Gasteiger partial charge in [0.25, 0.3) is 0 Å². The van der Waals surface area contributed by atoms with E-state index in [1.54, 1.807) is 30.3 Å². The molecule has 0 spiro atoms. The fourth-order valence-corrected chi connectivity index (χ4v) is 2.33. The molecule has 0 atom stereocenters. The predicted octanol–water partition coefficient (Wildman–Crippen LogP) is 3.09. The summed E-state index contributed by atoms with van der Waals surface area (Å²) in [4.78, 5) is 12.8. The van der Waals surface area contributed by atoms with Crippen LogP contribution in [0.2, 0.25) is 0 Å². The second-order valence-corrected chi connectivity index (χ2v) is 4.59. The molecule has 0 aromatic heterocycles. The van der Waals surface area contributed by atoms with Gasteiger partial charge in [-0.15, -0.1) is 0 Å². The Morgan fingerprint density at radius 3 is 2.67 bits per heavy atom. The first-order chi connectivity index (χ1) is 10.3. The summed E-state index contributed by atoms with van der Waals surface area (Å²) in [6.07, 6.45) is 0. The quantitative estimate of drug-likeness (QED) is 0.809. The number of hydrogen-bond acceptors (Lipinski definition) is 4. The lowest BCUT2D eigenvalue weighted by atomic mass is 10.0. The second-order valence-electron chi connectivity index (χ2n) is 4.59. The standard InChI is InChI=1S/C17H16O4/c1-2-19-14-8-4-3-6-12(14)16(18)13-7-5-9-15-17(13)21-11-10-20-15/h3-9H,2,10-11H2,1H3. The normalized spacial score (nSPS) is 12.8. The van der Waals surface area contributed by atoms with Crippen LogP contribution in [-0.2, 0) is 0 Å². The van der Waals surface area contributed by atoms with E-state index in [2.05, 4.69) is 0 Å². The minimum absolute atomic E-state index is 0.124. The molecule has 0 fully saturated rings. The van der Waals surface area contributed by atoms with E-state index in [1.165, 1.54) is 0 Å². The lowest BCUT2D eigenvalue weighted by Gasteiger charge is -2.20. The van der Waals surface area contributed by atoms with Gasteiger partial charge < -0.3 is 14.2 Å². The van der Waals surface area contributed by atoms with Crippen LogP contribution < -0.4 is 14.2 Å². The number of carbonyl (C=O) groups excluding carboxylic acids is 1. The largest absolute Gasteiger partial charge is 0.493 e. The average Bonchev–Trinajstić information content (AvgIpc) is 2.54. The Balaban J connectivity index is 2.03. The highest BCUT2D eigenvalue weighted by Crippen LogP contribution is 2.35. The van der Waals surface area contributed by atoms with Gasteiger partial charge in [0.05, 0.1) is 17.7 Å². The van der Waals surface area contributed by atoms with Crippen molar-refractivity contribution in [3.05, 3.63) is 53.6 Å². The van der Waals surface area contributed by atoms with Crippen LogP contribution >= 0.6 is 0 Å². The van der Waals surface area contributed by atoms with Crippen molar-refractivity contribution in [1.82, 2.24) is 0 Å². The number of para-hydroxylation sites is 2. The van der Waals surface area contributed by atoms with Gasteiger partial charge in [-0.05, 0) is 31.2 Å². The molecule has 4 nitrogen and oxygen atoms in total. The van der Waals surface area contributed by atoms with E-state index in [0.717, 1.165) is 0 Å². The summed E-state index contributed by atoms with van der Waals surface area (Å²) in [7, 11) is 0. The van der Waals surface area contributed by atoms with Gasteiger partial charge in [0, 0.05) is 0 Å². The minimum Gasteiger partial charge on any atom is -0.493 e. The Kier molecular flexibility index (Phi) is 3.77. The number of ether oxygens (including phenoxy) is 3. The van der Waals surface area contributed by atoms with Crippen LogP contribution in [0.25, 0.3) is 0 Å². The first kappa shape index (κ1) is 13.5. The van der Waals surface area contributed by atoms with Crippen LogP contribution in [0.15, 0.2) is 42.5 Å². The molecular formula is C17H16O4. The Morgan fingerprint density at radius 1 is 1.05 bits per heavy atom. The van der Waals surface area contributed by atoms with Crippen molar-refractivity contribution in [3.8, 4) is 17.2 Å². The Hall–Kier alpha value is -2.49. The third-order valence-electron chi connectivity index (χ3n) is 3.24. The molecule has 0 unspecified atom stereocenters. The predicted molar refractivity (Wildman–Crippen MR) is 78.5 cm³/mol. The SMILES string of the molecule is CCOc1ccccc1C(=O)c1cccc2c1OCCO2. The van der Waals surface area contributed by atoms with Crippen molar-refractivity contribution < 1.29 is 19.0 Å². The van der Waals surface area contributed by atoms with Gasteiger partial charge in [-0.25, -0.2) is 0 Å². The average molecular weight is 284 g/mol. The van der Waals surface area contributed by atoms with Crippen molar-refractivity contribution in [2.24, 2.45) is 0 Å². The Labute approximate surface area is 123 Å². The molecule has 2 aromatic carbocycles. The molecular weight excluding hydrogens is 268 g/mol. The van der Waals surface area contributed by atoms with Gasteiger partial charge in [0.1, 0.15) is 19.0 Å². The summed E-state index contributed by atoms with van der Waals surface area (Å²) in [5, 5.41) is 0. The van der Waals surface area contributed by atoms with E-state index in [4.69, 9.17) is 14.2 Å². The maximum absolute atomic E-state index is 12.8. The van der Waals surface area contributed by atoms with E-state index >= 15 is 0 Å². The summed E-state index contributed by atoms with van der Waals surface area (Å²) < 4.78 is 16.7. The molecule has 4 heteroatoms. The molecule has 0 aliphatic carbocycles. The van der Waals surface area contributed by atoms with E-state index in [9.17, 15) is 4.79 Å². The smallest absolute Gasteiger partial charge is 0.200 e. The molecule has 1 heterocycles. The zero-order chi connectivity index (χ0) is 14.7. The second kappa shape index (κ2) is 5.87. The summed E-state index contributed by atoms with van der Waals surface area (Å²) >= 11 is 0. The van der Waals surface area contributed by atoms with Gasteiger partial charge in [-0.3, -0.25) is 4.79 Å². The van der Waals surface area contributed by atoms with Gasteiger partial charge in [-0.2, -0.15) is 0 Å². The molecule has 2 aromatic rings. The highest BCUT2D eigenvalue weighted by atomic mass is 16.6. The number of hydrogen-bond donors (Lipinski definition) is 0. The molecule has 3 rings (SSSR count). The molecule has 1 aliphatic heterocycles. The van der Waals surface area contributed by atoms with Crippen LogP contribution in [0.3, 0.4) is 0 Å². The third kappa shape index (κ3) is 2.57. The molecule has 0 saturated heterocycles. The lowest BCUT2D eigenvalue weighted by molar-refractivity contribution is 0.102. The van der Waals surface area contributed by atoms with Gasteiger partial charge >= 0.3 is 0 Å². The maximum Gasteiger partial charge on any atom is 0.200 e. The molecule has 0 radical (unpaired) electrons. The van der Waals surface area contributed by atoms with Crippen molar-refractivity contribution in [1.29, 1.82) is 0 Å². The van der Waals surface area contributed by atoms with Gasteiger partial charge in [-0.1, -0.05) is 18.2 Å². The van der Waals surface area contributed by atoms with Crippen LogP contribution in [-0.4, -0.2) is 25.6 Å². The van der Waals surface area contributed by atoms with Crippen LogP contribution in [0.1, 0.15) is 22.8 Å². The van der Waals surface area contributed by atoms with E-state index in [-0.39, 0.29) is 5.78 Å². The first-order valence-electron chi connectivity index (χ1n) is 6.96. The summed E-state index contributed by atoms with van der Waals surface area (Å²) in [6.45, 7) is 3.35. The van der Waals surface area contributed by atoms with Crippen LogP contribution in [0, 0.1) is 0 Å². The fraction of sp³-hybridized carbons (Fsp3) is 0.235. The lowest BCUT2D eigenvalue weighted by Crippen LogP contribution is -2.18. The minimum atomic E-state index is -0.124. The van der Waals surface area contributed by atoms with Gasteiger partial charge in [0.15, 0.2) is 11.5 Å². The topological polar surface area (TPSA) is 44.8 Å². The highest BCUT2D eigenvalue weighted by molar-refractivity contribution is 6.12. The van der Waals surface area contributed by atoms with E-state index in [1.807, 2.05) is 19.1 Å². The van der Waals surface area contributed by atoms with Crippen LogP contribution in [0.5, 0.6) is 17.2 Å². The summed E-state index contributed by atoms with van der Waals surface area (Å²) in [6, 6.07) is 12.6. The van der Waals surface area contributed by atoms with E-state index in [0.29, 0.717) is 48.2 Å². The number of rotatable bonds is 4. The molecule has 108 valence electrons. The van der Waals surface area contributed by atoms with E-state index < -0.39 is 0 Å². The molecule has 21 heavy (non-hydrogen) atoms. The molecule has 0 amide bonds. The molecule has 1 aliphatic rings. The summed E-state index contributed by atoms with van der Waals surface area (Å²) in [5.74, 6) is 1.58. The highest BCUT2D eigenvalue weighted by Gasteiger charge is 2.23. The van der Waals surface area contributed by atoms with Crippen molar-refractivity contribution in [3.63, 3.8) is 0 Å². The summed E-state index contributed by atoms with van der Waals surface area (Å²) in [5.41, 5.74) is 1.03. The monoisotopic (exact) mass is 284 g/mol. The Bertz CT molecular complexity index is 664. The fourth-order valence-electron chi connectivity index (χ4n) is 2.33. The van der Waals surface area contributed by atoms with Crippen molar-refractivity contribution in [2.45, 2.75) is 6.92 Å². The zero-order valence-corrected chi connectivity index (χ0v) is 11.8. The number of ketones is 1. The number of benzene rings is 2. The number of carbonyl (C=O) groups is 1. The maximum atomic E-state index is 12.8. The van der Waals surface area contributed by atoms with Gasteiger partial charge in [0.2, 0.25) is 5.78 Å². The molecule has 0 bridgehead atoms. The zero-order valence-electron chi connectivity index (χ0n) is 11.8. The van der Waals surface area contributed by atoms with Crippen molar-refractivity contribution in [2.75, 3.05) is 19.8 Å². The first-order valence-corrected chi connectivity index (χ1v) is 6.96. The van der Waals surface area contributed by atoms with Crippen LogP contribution in [0.4, 0.5) is 0 Å². The van der Waals surface area contributed by atoms with Crippen molar-refractivity contribution >= 4 is 5.78 Å². The molecule has 0 N–H and O–H groups in total. The Morgan fingerprint density at radius 2 is 1.81 bits per heavy atom. The number of fused-ring (bicyclic) bond motifs is 1.